The third kappa shape index (κ3) is 2.72. The predicted octanol–water partition coefficient (Wildman–Crippen LogP) is 3.21. The number of thioether (sulfide) groups is 1. The van der Waals surface area contributed by atoms with Crippen LogP contribution in [0.25, 0.3) is 11.0 Å². The number of rotatable bonds is 3. The summed E-state index contributed by atoms with van der Waals surface area (Å²) in [5.74, 6) is 0.563. The monoisotopic (exact) mass is 325 g/mol. The van der Waals surface area contributed by atoms with Gasteiger partial charge >= 0.3 is 5.63 Å². The first-order valence-corrected chi connectivity index (χ1v) is 8.59. The van der Waals surface area contributed by atoms with Crippen LogP contribution >= 0.6 is 11.8 Å². The normalized spacial score (nSPS) is 13.4. The van der Waals surface area contributed by atoms with Gasteiger partial charge in [-0.15, -0.1) is 0 Å². The maximum absolute atomic E-state index is 11.8. The van der Waals surface area contributed by atoms with Crippen molar-refractivity contribution in [1.29, 1.82) is 0 Å². The molecule has 23 heavy (non-hydrogen) atoms. The minimum absolute atomic E-state index is 0.339. The van der Waals surface area contributed by atoms with Gasteiger partial charge in [-0.3, -0.25) is 0 Å². The summed E-state index contributed by atoms with van der Waals surface area (Å²) in [6.45, 7) is 0. The number of aryl methyl sites for hydroxylation is 2. The van der Waals surface area contributed by atoms with Crippen molar-refractivity contribution >= 4 is 22.7 Å². The molecule has 3 aromatic rings. The average molecular weight is 325 g/mol. The Bertz CT molecular complexity index is 949. The van der Waals surface area contributed by atoms with Gasteiger partial charge in [0.05, 0.1) is 0 Å². The summed E-state index contributed by atoms with van der Waals surface area (Å²) in [6, 6.07) is 11.0. The Kier molecular flexibility index (Phi) is 3.58. The average Bonchev–Trinajstić information content (AvgIpc) is 2.99. The molecule has 0 saturated carbocycles. The van der Waals surface area contributed by atoms with E-state index < -0.39 is 0 Å². The van der Waals surface area contributed by atoms with Gasteiger partial charge in [0.1, 0.15) is 5.58 Å². The van der Waals surface area contributed by atoms with Crippen LogP contribution in [0.15, 0.2) is 56.8 Å². The molecule has 0 saturated heterocycles. The smallest absolute Gasteiger partial charge is 0.336 e. The zero-order chi connectivity index (χ0) is 15.8. The van der Waals surface area contributed by atoms with Gasteiger partial charge < -0.3 is 9.62 Å². The minimum Gasteiger partial charge on any atom is -0.618 e. The molecule has 0 atom stereocenters. The first-order chi connectivity index (χ1) is 11.2. The number of fused-ring (bicyclic) bond motifs is 2. The molecule has 0 aliphatic heterocycles. The van der Waals surface area contributed by atoms with Gasteiger partial charge in [-0.2, -0.15) is 4.73 Å². The number of aromatic nitrogens is 1. The summed E-state index contributed by atoms with van der Waals surface area (Å²) in [6.07, 6.45) is 4.76. The van der Waals surface area contributed by atoms with E-state index in [2.05, 4.69) is 6.07 Å². The lowest BCUT2D eigenvalue weighted by atomic mass is 10.0. The molecule has 0 unspecified atom stereocenters. The van der Waals surface area contributed by atoms with Crippen molar-refractivity contribution in [3.63, 3.8) is 0 Å². The molecule has 2 aromatic heterocycles. The molecule has 0 N–H and O–H groups in total. The lowest BCUT2D eigenvalue weighted by molar-refractivity contribution is -0.645. The van der Waals surface area contributed by atoms with E-state index in [4.69, 9.17) is 4.42 Å². The Balaban J connectivity index is 1.74. The van der Waals surface area contributed by atoms with Crippen LogP contribution in [0.2, 0.25) is 0 Å². The maximum atomic E-state index is 11.8. The number of hydrogen-bond donors (Lipinski definition) is 0. The third-order valence-corrected chi connectivity index (χ3v) is 5.27. The molecule has 5 heteroatoms. The molecule has 0 amide bonds. The quantitative estimate of drug-likeness (QED) is 0.321. The molecular formula is C18H15NO3S. The highest BCUT2D eigenvalue weighted by atomic mass is 32.2. The van der Waals surface area contributed by atoms with Crippen LogP contribution in [-0.2, 0) is 18.6 Å². The van der Waals surface area contributed by atoms with E-state index in [-0.39, 0.29) is 5.63 Å². The van der Waals surface area contributed by atoms with Crippen molar-refractivity contribution in [2.75, 3.05) is 0 Å². The molecule has 116 valence electrons. The molecule has 4 rings (SSSR count). The van der Waals surface area contributed by atoms with Crippen molar-refractivity contribution < 1.29 is 9.15 Å². The molecule has 1 aromatic carbocycles. The predicted molar refractivity (Wildman–Crippen MR) is 89.5 cm³/mol. The summed E-state index contributed by atoms with van der Waals surface area (Å²) in [5, 5.41) is 13.3. The van der Waals surface area contributed by atoms with Gasteiger partial charge in [-0.25, -0.2) is 4.79 Å². The highest BCUT2D eigenvalue weighted by Gasteiger charge is 2.16. The minimum atomic E-state index is -0.339. The molecule has 0 fully saturated rings. The van der Waals surface area contributed by atoms with E-state index in [1.165, 1.54) is 35.2 Å². The molecule has 1 aliphatic rings. The number of hydrogen-bond acceptors (Lipinski definition) is 4. The van der Waals surface area contributed by atoms with Crippen molar-refractivity contribution in [1.82, 2.24) is 0 Å². The molecule has 0 radical (unpaired) electrons. The van der Waals surface area contributed by atoms with E-state index in [1.807, 2.05) is 12.1 Å². The Morgan fingerprint density at radius 2 is 2.00 bits per heavy atom. The van der Waals surface area contributed by atoms with Crippen LogP contribution in [0, 0.1) is 5.21 Å². The van der Waals surface area contributed by atoms with E-state index in [0.717, 1.165) is 34.9 Å². The van der Waals surface area contributed by atoms with Crippen LogP contribution in [0.5, 0.6) is 0 Å². The summed E-state index contributed by atoms with van der Waals surface area (Å²) >= 11 is 1.43. The van der Waals surface area contributed by atoms with E-state index in [0.29, 0.717) is 16.4 Å². The standard InChI is InChI=1S/C18H15NO3S/c20-18-10-14(11-23-17-6-1-2-7-19(17)21)15-8-12-4-3-5-13(12)9-16(15)22-18/h1-2,6-10H,3-5,11H2. The van der Waals surface area contributed by atoms with Crippen molar-refractivity contribution in [3.8, 4) is 0 Å². The van der Waals surface area contributed by atoms with Crippen LogP contribution in [0.1, 0.15) is 23.1 Å². The largest absolute Gasteiger partial charge is 0.618 e. The Morgan fingerprint density at radius 3 is 2.83 bits per heavy atom. The fourth-order valence-corrected chi connectivity index (χ4v) is 4.00. The van der Waals surface area contributed by atoms with Gasteiger partial charge in [0.2, 0.25) is 0 Å². The Labute approximate surface area is 137 Å². The molecule has 4 nitrogen and oxygen atoms in total. The maximum Gasteiger partial charge on any atom is 0.336 e. The summed E-state index contributed by atoms with van der Waals surface area (Å²) < 4.78 is 6.21. The second-order valence-electron chi connectivity index (χ2n) is 5.71. The fraction of sp³-hybridized carbons (Fsp3) is 0.222. The highest BCUT2D eigenvalue weighted by molar-refractivity contribution is 7.98. The number of benzene rings is 1. The summed E-state index contributed by atoms with van der Waals surface area (Å²) in [5.41, 5.74) is 3.85. The van der Waals surface area contributed by atoms with Gasteiger partial charge in [-0.1, -0.05) is 11.8 Å². The molecule has 0 bridgehead atoms. The first kappa shape index (κ1) is 14.3. The zero-order valence-electron chi connectivity index (χ0n) is 12.5. The van der Waals surface area contributed by atoms with E-state index in [1.54, 1.807) is 12.1 Å². The first-order valence-electron chi connectivity index (χ1n) is 7.60. The second-order valence-corrected chi connectivity index (χ2v) is 6.71. The van der Waals surface area contributed by atoms with Crippen molar-refractivity contribution in [2.45, 2.75) is 30.0 Å². The van der Waals surface area contributed by atoms with Gasteiger partial charge in [0.15, 0.2) is 6.20 Å². The Hall–Kier alpha value is -2.27. The van der Waals surface area contributed by atoms with Crippen molar-refractivity contribution in [3.05, 3.63) is 74.9 Å². The number of nitrogens with zero attached hydrogens (tertiary/aromatic N) is 1. The third-order valence-electron chi connectivity index (χ3n) is 4.21. The highest BCUT2D eigenvalue weighted by Crippen LogP contribution is 2.30. The molecule has 2 heterocycles. The number of pyridine rings is 1. The topological polar surface area (TPSA) is 57.1 Å². The molecule has 1 aliphatic carbocycles. The molecular weight excluding hydrogens is 310 g/mol. The lowest BCUT2D eigenvalue weighted by Crippen LogP contribution is -2.27. The van der Waals surface area contributed by atoms with E-state index >= 15 is 0 Å². The van der Waals surface area contributed by atoms with Crippen LogP contribution < -0.4 is 10.4 Å². The lowest BCUT2D eigenvalue weighted by Gasteiger charge is -2.08. The summed E-state index contributed by atoms with van der Waals surface area (Å²) in [4.78, 5) is 11.8. The molecule has 0 spiro atoms. The van der Waals surface area contributed by atoms with Gasteiger partial charge in [-0.05, 0) is 54.2 Å². The fourth-order valence-electron chi connectivity index (χ4n) is 3.09. The van der Waals surface area contributed by atoms with Gasteiger partial charge in [0, 0.05) is 29.3 Å². The Morgan fingerprint density at radius 1 is 1.17 bits per heavy atom. The van der Waals surface area contributed by atoms with Gasteiger partial charge in [0.25, 0.3) is 5.03 Å². The van der Waals surface area contributed by atoms with E-state index in [9.17, 15) is 10.0 Å². The van der Waals surface area contributed by atoms with Crippen molar-refractivity contribution in [2.24, 2.45) is 0 Å². The summed E-state index contributed by atoms with van der Waals surface area (Å²) in [7, 11) is 0. The van der Waals surface area contributed by atoms with Crippen LogP contribution in [-0.4, -0.2) is 0 Å². The van der Waals surface area contributed by atoms with Crippen LogP contribution in [0.3, 0.4) is 0 Å². The van der Waals surface area contributed by atoms with Crippen LogP contribution in [0.4, 0.5) is 0 Å². The zero-order valence-corrected chi connectivity index (χ0v) is 13.3. The second kappa shape index (κ2) is 5.74. The SMILES string of the molecule is O=c1cc(CSc2cccc[n+]2[O-])c2cc3c(cc2o1)CCC3.